The summed E-state index contributed by atoms with van der Waals surface area (Å²) in [4.78, 5) is 35.4. The molecule has 0 aromatic carbocycles. The zero-order chi connectivity index (χ0) is 27.1. The second-order valence-electron chi connectivity index (χ2n) is 6.29. The van der Waals surface area contributed by atoms with Crippen molar-refractivity contribution in [3.05, 3.63) is 24.4 Å². The molecule has 8 nitrogen and oxygen atoms in total. The Balaban J connectivity index is -0.000000397. The van der Waals surface area contributed by atoms with Crippen molar-refractivity contribution in [1.29, 1.82) is 0 Å². The molecule has 0 saturated heterocycles. The molecule has 0 fully saturated rings. The highest BCUT2D eigenvalue weighted by atomic mass is 35.5. The number of thioether (sulfide) groups is 1. The van der Waals surface area contributed by atoms with E-state index >= 15 is 0 Å². The lowest BCUT2D eigenvalue weighted by Gasteiger charge is -2.04. The number of carbonyl (C=O) groups is 3. The van der Waals surface area contributed by atoms with E-state index in [0.717, 1.165) is 16.8 Å². The molecular formula is C21H36ClNO7S4. The maximum atomic E-state index is 10.7. The molecule has 34 heavy (non-hydrogen) atoms. The molecule has 0 aliphatic heterocycles. The molecule has 198 valence electrons. The van der Waals surface area contributed by atoms with E-state index in [-0.39, 0.29) is 46.0 Å². The molecule has 1 rings (SSSR count). The van der Waals surface area contributed by atoms with Crippen LogP contribution in [-0.2, 0) is 23.9 Å². The van der Waals surface area contributed by atoms with E-state index in [4.69, 9.17) is 21.8 Å². The SMILES string of the molecule is COC(=O)[C@@H](C)SC(C)=O.COC(=O)[C@H](C)Cl.C[C@@H](S)CO.C[C@H](CO)SSc1ccccn1. The zero-order valence-electron chi connectivity index (χ0n) is 20.5. The van der Waals surface area contributed by atoms with Crippen molar-refractivity contribution in [1.82, 2.24) is 4.98 Å². The number of aliphatic hydroxyl groups is 2. The van der Waals surface area contributed by atoms with Gasteiger partial charge in [0.2, 0.25) is 0 Å². The van der Waals surface area contributed by atoms with Gasteiger partial charge in [0.1, 0.15) is 15.7 Å². The topological polar surface area (TPSA) is 123 Å². The highest BCUT2D eigenvalue weighted by Gasteiger charge is 2.15. The third-order valence-corrected chi connectivity index (χ3v) is 6.85. The number of pyridine rings is 1. The van der Waals surface area contributed by atoms with Crippen LogP contribution >= 0.6 is 57.6 Å². The van der Waals surface area contributed by atoms with Crippen molar-refractivity contribution in [3.63, 3.8) is 0 Å². The summed E-state index contributed by atoms with van der Waals surface area (Å²) in [6.07, 6.45) is 1.77. The summed E-state index contributed by atoms with van der Waals surface area (Å²) in [5.41, 5.74) is 0. The van der Waals surface area contributed by atoms with Gasteiger partial charge in [-0.15, -0.1) is 11.6 Å². The van der Waals surface area contributed by atoms with Gasteiger partial charge >= 0.3 is 11.9 Å². The maximum Gasteiger partial charge on any atom is 0.323 e. The first-order valence-electron chi connectivity index (χ1n) is 9.97. The highest BCUT2D eigenvalue weighted by Crippen LogP contribution is 2.32. The van der Waals surface area contributed by atoms with E-state index in [1.54, 1.807) is 41.6 Å². The van der Waals surface area contributed by atoms with Gasteiger partial charge in [-0.1, -0.05) is 42.5 Å². The number of ether oxygens (including phenoxy) is 2. The van der Waals surface area contributed by atoms with Crippen LogP contribution in [0.25, 0.3) is 0 Å². The molecule has 0 spiro atoms. The summed E-state index contributed by atoms with van der Waals surface area (Å²) in [7, 11) is 5.84. The van der Waals surface area contributed by atoms with Crippen LogP contribution in [0.1, 0.15) is 34.6 Å². The van der Waals surface area contributed by atoms with E-state index in [1.807, 2.05) is 32.0 Å². The van der Waals surface area contributed by atoms with E-state index in [2.05, 4.69) is 27.1 Å². The van der Waals surface area contributed by atoms with Crippen LogP contribution in [0.15, 0.2) is 29.4 Å². The van der Waals surface area contributed by atoms with Crippen molar-refractivity contribution in [3.8, 4) is 0 Å². The number of esters is 2. The summed E-state index contributed by atoms with van der Waals surface area (Å²) in [6, 6.07) is 5.81. The number of carbonyl (C=O) groups excluding carboxylic acids is 3. The Morgan fingerprint density at radius 3 is 1.88 bits per heavy atom. The van der Waals surface area contributed by atoms with Crippen molar-refractivity contribution in [2.45, 2.75) is 60.8 Å². The number of aliphatic hydroxyl groups excluding tert-OH is 2. The number of nitrogens with zero attached hydrogens (tertiary/aromatic N) is 1. The first-order chi connectivity index (χ1) is 15.9. The third kappa shape index (κ3) is 27.6. The number of thiol groups is 1. The summed E-state index contributed by atoms with van der Waals surface area (Å²) in [5, 5.41) is 17.2. The first-order valence-corrected chi connectivity index (χ1v) is 14.0. The van der Waals surface area contributed by atoms with Gasteiger partial charge in [-0.3, -0.25) is 14.4 Å². The van der Waals surface area contributed by atoms with Gasteiger partial charge in [0.05, 0.1) is 27.4 Å². The molecule has 0 saturated carbocycles. The van der Waals surface area contributed by atoms with Crippen LogP contribution in [0, 0.1) is 0 Å². The second kappa shape index (κ2) is 25.5. The summed E-state index contributed by atoms with van der Waals surface area (Å²) < 4.78 is 8.64. The molecule has 0 unspecified atom stereocenters. The van der Waals surface area contributed by atoms with Crippen molar-refractivity contribution in [2.75, 3.05) is 27.4 Å². The van der Waals surface area contributed by atoms with Crippen LogP contribution in [-0.4, -0.2) is 80.8 Å². The molecule has 0 amide bonds. The van der Waals surface area contributed by atoms with E-state index in [0.29, 0.717) is 0 Å². The fourth-order valence-electron chi connectivity index (χ4n) is 1.18. The van der Waals surface area contributed by atoms with Crippen molar-refractivity contribution < 1.29 is 34.1 Å². The molecule has 1 aromatic heterocycles. The molecule has 0 aliphatic rings. The summed E-state index contributed by atoms with van der Waals surface area (Å²) in [5.74, 6) is -0.748. The smallest absolute Gasteiger partial charge is 0.323 e. The largest absolute Gasteiger partial charge is 0.468 e. The van der Waals surface area contributed by atoms with Gasteiger partial charge in [0.15, 0.2) is 5.12 Å². The molecule has 4 atom stereocenters. The van der Waals surface area contributed by atoms with Gasteiger partial charge in [0, 0.05) is 23.6 Å². The van der Waals surface area contributed by atoms with Crippen LogP contribution in [0.3, 0.4) is 0 Å². The Bertz CT molecular complexity index is 655. The quantitative estimate of drug-likeness (QED) is 0.179. The third-order valence-electron chi connectivity index (χ3n) is 2.86. The van der Waals surface area contributed by atoms with Gasteiger partial charge in [-0.05, 0) is 36.8 Å². The molecule has 1 aromatic rings. The van der Waals surface area contributed by atoms with Crippen molar-refractivity contribution >= 4 is 74.6 Å². The average molecular weight is 578 g/mol. The Hall–Kier alpha value is -0.630. The average Bonchev–Trinajstić information content (AvgIpc) is 2.82. The minimum absolute atomic E-state index is 0.0714. The normalized spacial score (nSPS) is 13.0. The lowest BCUT2D eigenvalue weighted by molar-refractivity contribution is -0.140. The standard InChI is InChI=1S/C8H11NOS2.C6H10O3S.C4H7ClO2.C3H8OS/c1-7(6-10)11-12-8-4-2-3-5-9-8;1-4(6(8)9-3)10-5(2)7;1-3(5)4(6)7-2;1-3(5)2-4/h2-5,7,10H,6H2,1H3;4H,1-3H3;3H,1-2H3;3-5H,2H2,1H3/t7-;4-;2*3-/m1101/s1. The number of hydrogen-bond acceptors (Lipinski definition) is 12. The number of aromatic nitrogens is 1. The summed E-state index contributed by atoms with van der Waals surface area (Å²) in [6.45, 7) is 8.83. The van der Waals surface area contributed by atoms with Gasteiger partial charge < -0.3 is 19.7 Å². The first kappa shape index (κ1) is 37.9. The van der Waals surface area contributed by atoms with Gasteiger partial charge in [0.25, 0.3) is 0 Å². The fourth-order valence-corrected chi connectivity index (χ4v) is 3.79. The van der Waals surface area contributed by atoms with E-state index in [1.165, 1.54) is 21.1 Å². The van der Waals surface area contributed by atoms with E-state index < -0.39 is 5.38 Å². The number of methoxy groups -OCH3 is 2. The number of rotatable bonds is 8. The lowest BCUT2D eigenvalue weighted by Crippen LogP contribution is -2.15. The highest BCUT2D eigenvalue weighted by molar-refractivity contribution is 8.76. The Morgan fingerprint density at radius 2 is 1.59 bits per heavy atom. The predicted octanol–water partition coefficient (Wildman–Crippen LogP) is 4.11. The molecule has 0 radical (unpaired) electrons. The van der Waals surface area contributed by atoms with Gasteiger partial charge in [-0.25, -0.2) is 4.98 Å². The van der Waals surface area contributed by atoms with Crippen LogP contribution in [0.4, 0.5) is 0 Å². The predicted molar refractivity (Wildman–Crippen MR) is 147 cm³/mol. The number of hydrogen-bond donors (Lipinski definition) is 3. The van der Waals surface area contributed by atoms with Crippen molar-refractivity contribution in [2.24, 2.45) is 0 Å². The van der Waals surface area contributed by atoms with E-state index in [9.17, 15) is 14.4 Å². The van der Waals surface area contributed by atoms with Crippen LogP contribution in [0.5, 0.6) is 0 Å². The monoisotopic (exact) mass is 577 g/mol. The lowest BCUT2D eigenvalue weighted by atomic mass is 10.5. The molecule has 0 bridgehead atoms. The molecule has 1 heterocycles. The Kier molecular flexibility index (Phi) is 28.4. The Morgan fingerprint density at radius 1 is 1.06 bits per heavy atom. The molecule has 13 heteroatoms. The number of halogens is 1. The molecular weight excluding hydrogens is 542 g/mol. The number of alkyl halides is 1. The van der Waals surface area contributed by atoms with Gasteiger partial charge in [-0.2, -0.15) is 12.6 Å². The second-order valence-corrected chi connectivity index (χ2v) is 12.0. The summed E-state index contributed by atoms with van der Waals surface area (Å²) >= 11 is 10.1. The minimum atomic E-state index is -0.523. The van der Waals surface area contributed by atoms with Crippen LogP contribution in [0.2, 0.25) is 0 Å². The minimum Gasteiger partial charge on any atom is -0.468 e. The fraction of sp³-hybridized carbons (Fsp3) is 0.619. The van der Waals surface area contributed by atoms with Crippen LogP contribution < -0.4 is 0 Å². The Labute approximate surface area is 225 Å². The zero-order valence-corrected chi connectivity index (χ0v) is 24.6. The molecule has 0 aliphatic carbocycles. The maximum absolute atomic E-state index is 10.7. The molecule has 2 N–H and O–H groups in total.